The summed E-state index contributed by atoms with van der Waals surface area (Å²) >= 11 is 1.23. The van der Waals surface area contributed by atoms with Crippen molar-refractivity contribution in [2.75, 3.05) is 0 Å². The predicted molar refractivity (Wildman–Crippen MR) is 155 cm³/mol. The summed E-state index contributed by atoms with van der Waals surface area (Å²) in [6.45, 7) is 0.423. The van der Waals surface area contributed by atoms with E-state index in [4.69, 9.17) is 15.0 Å². The van der Waals surface area contributed by atoms with Gasteiger partial charge in [-0.3, -0.25) is 0 Å². The molecule has 3 aromatic carbocycles. The molecule has 1 aliphatic carbocycles. The molecule has 0 spiro atoms. The molecule has 0 aliphatic heterocycles. The molecule has 0 saturated heterocycles. The van der Waals surface area contributed by atoms with Crippen molar-refractivity contribution in [2.45, 2.75) is 36.7 Å². The van der Waals surface area contributed by atoms with Crippen LogP contribution in [0.5, 0.6) is 5.75 Å². The average Bonchev–Trinajstić information content (AvgIpc) is 3.55. The molecule has 6 rings (SSSR count). The van der Waals surface area contributed by atoms with Crippen LogP contribution in [0.3, 0.4) is 0 Å². The predicted octanol–water partition coefficient (Wildman–Crippen LogP) is 5.39. The monoisotopic (exact) mass is 586 g/mol. The lowest BCUT2D eigenvalue weighted by Crippen LogP contribution is -2.11. The SMILES string of the molecule is NS(=O)(=O)c1ccc(Cc2c(-c3cccc(OCc4ccccc4)c3)nn(-c3nc(C(=O)O)cs3)c2C2CC2)cc1. The lowest BCUT2D eigenvalue weighted by atomic mass is 9.97. The van der Waals surface area contributed by atoms with Crippen LogP contribution in [0, 0.1) is 0 Å². The highest BCUT2D eigenvalue weighted by molar-refractivity contribution is 7.89. The molecule has 41 heavy (non-hydrogen) atoms. The number of rotatable bonds is 10. The zero-order chi connectivity index (χ0) is 28.6. The molecule has 0 atom stereocenters. The molecule has 1 fully saturated rings. The number of aromatic carboxylic acids is 1. The van der Waals surface area contributed by atoms with Crippen LogP contribution in [0.15, 0.2) is 89.1 Å². The van der Waals surface area contributed by atoms with Crippen molar-refractivity contribution in [1.82, 2.24) is 14.8 Å². The first-order valence-electron chi connectivity index (χ1n) is 13.0. The number of thiazole rings is 1. The third-order valence-electron chi connectivity index (χ3n) is 6.87. The molecule has 2 aromatic heterocycles. The van der Waals surface area contributed by atoms with Gasteiger partial charge < -0.3 is 9.84 Å². The minimum Gasteiger partial charge on any atom is -0.489 e. The van der Waals surface area contributed by atoms with Crippen molar-refractivity contribution in [2.24, 2.45) is 5.14 Å². The Kier molecular flexibility index (Phi) is 7.16. The Morgan fingerprint density at radius 2 is 1.78 bits per heavy atom. The van der Waals surface area contributed by atoms with Gasteiger partial charge in [0.25, 0.3) is 0 Å². The van der Waals surface area contributed by atoms with E-state index >= 15 is 0 Å². The van der Waals surface area contributed by atoms with Gasteiger partial charge in [0.15, 0.2) is 5.69 Å². The van der Waals surface area contributed by atoms with Crippen molar-refractivity contribution in [1.29, 1.82) is 0 Å². The zero-order valence-corrected chi connectivity index (χ0v) is 23.4. The number of ether oxygens (including phenoxy) is 1. The average molecular weight is 587 g/mol. The number of carboxylic acids is 1. The summed E-state index contributed by atoms with van der Waals surface area (Å²) in [6, 6.07) is 24.2. The highest BCUT2D eigenvalue weighted by Crippen LogP contribution is 2.46. The minimum atomic E-state index is -3.81. The van der Waals surface area contributed by atoms with Gasteiger partial charge in [0.1, 0.15) is 12.4 Å². The molecule has 5 aromatic rings. The number of nitrogens with zero attached hydrogens (tertiary/aromatic N) is 3. The van der Waals surface area contributed by atoms with Crippen molar-refractivity contribution in [3.63, 3.8) is 0 Å². The Morgan fingerprint density at radius 3 is 2.44 bits per heavy atom. The van der Waals surface area contributed by atoms with E-state index in [1.54, 1.807) is 16.8 Å². The Labute approximate surface area is 240 Å². The van der Waals surface area contributed by atoms with E-state index in [-0.39, 0.29) is 16.5 Å². The normalized spacial score (nSPS) is 13.3. The van der Waals surface area contributed by atoms with Crippen LogP contribution in [-0.2, 0) is 23.1 Å². The summed E-state index contributed by atoms with van der Waals surface area (Å²) in [5.41, 5.74) is 5.46. The number of nitrogens with two attached hydrogens (primary N) is 1. The summed E-state index contributed by atoms with van der Waals surface area (Å²) in [5.74, 6) is -0.143. The van der Waals surface area contributed by atoms with Crippen LogP contribution in [0.25, 0.3) is 16.4 Å². The van der Waals surface area contributed by atoms with E-state index in [0.29, 0.717) is 23.9 Å². The van der Waals surface area contributed by atoms with E-state index < -0.39 is 16.0 Å². The molecule has 1 saturated carbocycles. The van der Waals surface area contributed by atoms with E-state index in [0.717, 1.165) is 46.5 Å². The lowest BCUT2D eigenvalue weighted by Gasteiger charge is -2.10. The van der Waals surface area contributed by atoms with E-state index in [1.165, 1.54) is 28.8 Å². The molecule has 0 bridgehead atoms. The third kappa shape index (κ3) is 5.92. The molecule has 9 nitrogen and oxygen atoms in total. The van der Waals surface area contributed by atoms with Gasteiger partial charge in [-0.1, -0.05) is 54.6 Å². The number of aromatic nitrogens is 3. The molecule has 2 heterocycles. The van der Waals surface area contributed by atoms with Gasteiger partial charge in [0.2, 0.25) is 15.2 Å². The minimum absolute atomic E-state index is 0.0276. The Bertz CT molecular complexity index is 1830. The number of carbonyl (C=O) groups is 1. The Morgan fingerprint density at radius 1 is 1.02 bits per heavy atom. The standard InChI is InChI=1S/C30H26N4O5S2/c31-41(37,38)24-13-9-19(10-14-24)15-25-27(22-7-4-8-23(16-22)39-17-20-5-2-1-3-6-20)33-34(28(25)21-11-12-21)30-32-26(18-40-30)29(35)36/h1-10,13-14,16,18,21H,11-12,15,17H2,(H,35,36)(H2,31,37,38). The smallest absolute Gasteiger partial charge is 0.355 e. The van der Waals surface area contributed by atoms with Gasteiger partial charge in [-0.2, -0.15) is 5.10 Å². The Balaban J connectivity index is 1.43. The first-order chi connectivity index (χ1) is 19.8. The number of hydrogen-bond acceptors (Lipinski definition) is 7. The molecule has 11 heteroatoms. The molecule has 1 aliphatic rings. The van der Waals surface area contributed by atoms with Gasteiger partial charge in [-0.15, -0.1) is 11.3 Å². The van der Waals surface area contributed by atoms with Crippen LogP contribution >= 0.6 is 11.3 Å². The van der Waals surface area contributed by atoms with Crippen molar-refractivity contribution >= 4 is 27.3 Å². The highest BCUT2D eigenvalue weighted by Gasteiger charge is 2.34. The largest absolute Gasteiger partial charge is 0.489 e. The maximum Gasteiger partial charge on any atom is 0.355 e. The van der Waals surface area contributed by atoms with E-state index in [1.807, 2.05) is 54.6 Å². The van der Waals surface area contributed by atoms with Crippen LogP contribution in [-0.4, -0.2) is 34.3 Å². The topological polar surface area (TPSA) is 137 Å². The fraction of sp³-hybridized carbons (Fsp3) is 0.167. The molecule has 0 unspecified atom stereocenters. The van der Waals surface area contributed by atoms with Crippen LogP contribution < -0.4 is 9.88 Å². The number of carboxylic acid groups (broad SMARTS) is 1. The molecule has 208 valence electrons. The molecular weight excluding hydrogens is 560 g/mol. The number of hydrogen-bond donors (Lipinski definition) is 2. The second kappa shape index (κ2) is 10.9. The molecular formula is C30H26N4O5S2. The summed E-state index contributed by atoms with van der Waals surface area (Å²) in [7, 11) is -3.81. The van der Waals surface area contributed by atoms with Gasteiger partial charge in [-0.25, -0.2) is 28.0 Å². The fourth-order valence-corrected chi connectivity index (χ4v) is 6.00. The maximum absolute atomic E-state index is 11.8. The maximum atomic E-state index is 11.8. The van der Waals surface area contributed by atoms with Crippen LogP contribution in [0.1, 0.15) is 51.6 Å². The van der Waals surface area contributed by atoms with Crippen LogP contribution in [0.2, 0.25) is 0 Å². The van der Waals surface area contributed by atoms with Gasteiger partial charge in [0.05, 0.1) is 16.3 Å². The first kappa shape index (κ1) is 26.9. The lowest BCUT2D eigenvalue weighted by molar-refractivity contribution is 0.0691. The summed E-state index contributed by atoms with van der Waals surface area (Å²) in [6.07, 6.45) is 2.46. The van der Waals surface area contributed by atoms with Crippen molar-refractivity contribution < 1.29 is 23.1 Å². The highest BCUT2D eigenvalue weighted by atomic mass is 32.2. The number of primary sulfonamides is 1. The van der Waals surface area contributed by atoms with E-state index in [9.17, 15) is 18.3 Å². The fourth-order valence-electron chi connectivity index (χ4n) is 4.73. The summed E-state index contributed by atoms with van der Waals surface area (Å²) < 4.78 is 31.4. The molecule has 0 amide bonds. The quantitative estimate of drug-likeness (QED) is 0.224. The number of sulfonamides is 1. The Hall–Kier alpha value is -4.32. The van der Waals surface area contributed by atoms with Gasteiger partial charge in [-0.05, 0) is 48.2 Å². The van der Waals surface area contributed by atoms with Crippen molar-refractivity contribution in [3.8, 4) is 22.1 Å². The molecule has 0 radical (unpaired) electrons. The second-order valence-electron chi connectivity index (χ2n) is 9.89. The zero-order valence-electron chi connectivity index (χ0n) is 21.8. The first-order valence-corrected chi connectivity index (χ1v) is 15.4. The summed E-state index contributed by atoms with van der Waals surface area (Å²) in [4.78, 5) is 15.9. The van der Waals surface area contributed by atoms with Crippen molar-refractivity contribution in [3.05, 3.63) is 112 Å². The van der Waals surface area contributed by atoms with Gasteiger partial charge in [0, 0.05) is 28.8 Å². The molecule has 3 N–H and O–H groups in total. The summed E-state index contributed by atoms with van der Waals surface area (Å²) in [5, 5.41) is 21.8. The second-order valence-corrected chi connectivity index (χ2v) is 12.3. The van der Waals surface area contributed by atoms with E-state index in [2.05, 4.69) is 4.98 Å². The van der Waals surface area contributed by atoms with Gasteiger partial charge >= 0.3 is 5.97 Å². The number of benzene rings is 3. The third-order valence-corrected chi connectivity index (χ3v) is 8.61. The van der Waals surface area contributed by atoms with Crippen LogP contribution in [0.4, 0.5) is 0 Å².